The second-order valence-corrected chi connectivity index (χ2v) is 14.9. The fourth-order valence-corrected chi connectivity index (χ4v) is 7.50. The Hall–Kier alpha value is -2.48. The second kappa shape index (κ2) is 18.5. The number of nitrogens with zero attached hydrogens (tertiary/aromatic N) is 1. The van der Waals surface area contributed by atoms with Crippen LogP contribution >= 0.6 is 12.6 Å². The van der Waals surface area contributed by atoms with E-state index in [1.807, 2.05) is 13.8 Å². The standard InChI is InChI=1S/C29H39F3N2.C6H10S.C5H11NO/c1-19-17-20(2)26(21(3)18-19)8-6-5-7-23-13-15-28(16-14-23)22(4)33-27(34-28)24-9-11-25(12-10-24)29(30,31)32;7-5-4-6-2-1-3-6;1-3-4(2)5(6)7/h6,8,17-18,23-25H,4-5,7,9-16H2,1-3H3,(H,33,34);4,7H,1-3,5H2;4H,3H2,1-2H3,(H2,6,7)/b8-6+;;. The molecule has 48 heavy (non-hydrogen) atoms. The second-order valence-electron chi connectivity index (χ2n) is 14.6. The number of primary amides is 1. The summed E-state index contributed by atoms with van der Waals surface area (Å²) < 4.78 is 39.0. The minimum absolute atomic E-state index is 0.0417. The van der Waals surface area contributed by atoms with E-state index in [0.29, 0.717) is 18.8 Å². The molecule has 0 radical (unpaired) electrons. The summed E-state index contributed by atoms with van der Waals surface area (Å²) >= 11 is 4.07. The van der Waals surface area contributed by atoms with E-state index in [1.54, 1.807) is 5.57 Å². The van der Waals surface area contributed by atoms with Gasteiger partial charge in [-0.15, -0.1) is 0 Å². The summed E-state index contributed by atoms with van der Waals surface area (Å²) in [5.41, 5.74) is 12.6. The fourth-order valence-electron chi connectivity index (χ4n) is 7.24. The number of allylic oxidation sites excluding steroid dienone is 2. The Morgan fingerprint density at radius 1 is 1.10 bits per heavy atom. The molecule has 3 fully saturated rings. The molecule has 5 rings (SSSR count). The van der Waals surface area contributed by atoms with E-state index in [0.717, 1.165) is 55.8 Å². The predicted octanol–water partition coefficient (Wildman–Crippen LogP) is 10.8. The topological polar surface area (TPSA) is 67.5 Å². The highest BCUT2D eigenvalue weighted by Crippen LogP contribution is 2.45. The van der Waals surface area contributed by atoms with Gasteiger partial charge in [-0.25, -0.2) is 0 Å². The first-order valence-electron chi connectivity index (χ1n) is 18.1. The SMILES string of the molecule is C=C1NC(C2CCC(C(F)(F)F)CC2)=NC12CCC(CC/C=C/c1c(C)cc(C)cc1C)CC2.CCC(C)C(N)=O.SCC=C1CCC1. The van der Waals surface area contributed by atoms with Crippen molar-refractivity contribution >= 4 is 30.4 Å². The van der Waals surface area contributed by atoms with Gasteiger partial charge in [-0.1, -0.05) is 61.9 Å². The molecule has 0 aromatic heterocycles. The molecule has 3 saturated carbocycles. The van der Waals surface area contributed by atoms with Gasteiger partial charge in [0, 0.05) is 23.3 Å². The third kappa shape index (κ3) is 11.6. The fraction of sp³-hybridized carbons (Fsp3) is 0.650. The molecule has 8 heteroatoms. The molecule has 1 unspecified atom stereocenters. The zero-order valence-electron chi connectivity index (χ0n) is 30.0. The average Bonchev–Trinajstić information content (AvgIpc) is 3.33. The molecule has 1 aliphatic heterocycles. The van der Waals surface area contributed by atoms with E-state index in [4.69, 9.17) is 10.7 Å². The molecule has 0 bridgehead atoms. The zero-order chi connectivity index (χ0) is 35.5. The number of benzene rings is 1. The number of aryl methyl sites for hydroxylation is 3. The van der Waals surface area contributed by atoms with Crippen LogP contribution in [0.1, 0.15) is 126 Å². The Balaban J connectivity index is 0.000000370. The van der Waals surface area contributed by atoms with Crippen molar-refractivity contribution in [2.75, 3.05) is 5.75 Å². The number of halogens is 3. The normalized spacial score (nSPS) is 26.0. The Bertz CT molecular complexity index is 1290. The number of hydrogen-bond donors (Lipinski definition) is 3. The van der Waals surface area contributed by atoms with Crippen LogP contribution in [0, 0.1) is 44.4 Å². The number of amides is 1. The minimum atomic E-state index is -4.06. The number of nitrogens with one attached hydrogen (secondary N) is 1. The van der Waals surface area contributed by atoms with Crippen LogP contribution < -0.4 is 11.1 Å². The van der Waals surface area contributed by atoms with Crippen LogP contribution in [0.3, 0.4) is 0 Å². The predicted molar refractivity (Wildman–Crippen MR) is 199 cm³/mol. The van der Waals surface area contributed by atoms with Gasteiger partial charge in [-0.3, -0.25) is 9.79 Å². The first kappa shape index (κ1) is 40.0. The van der Waals surface area contributed by atoms with Crippen LogP contribution in [0.4, 0.5) is 13.2 Å². The number of nitrogens with two attached hydrogens (primary N) is 1. The molecular formula is C40H60F3N3OS. The highest BCUT2D eigenvalue weighted by molar-refractivity contribution is 7.80. The summed E-state index contributed by atoms with van der Waals surface area (Å²) in [4.78, 5) is 15.2. The lowest BCUT2D eigenvalue weighted by Crippen LogP contribution is -2.35. The van der Waals surface area contributed by atoms with E-state index < -0.39 is 12.1 Å². The number of aliphatic imine (C=N–C) groups is 1. The summed E-state index contributed by atoms with van der Waals surface area (Å²) in [6, 6.07) is 4.49. The van der Waals surface area contributed by atoms with Crippen LogP contribution in [0.25, 0.3) is 6.08 Å². The summed E-state index contributed by atoms with van der Waals surface area (Å²) in [5.74, 6) is 1.33. The van der Waals surface area contributed by atoms with Gasteiger partial charge in [0.15, 0.2) is 0 Å². The first-order chi connectivity index (χ1) is 22.7. The maximum absolute atomic E-state index is 13.0. The minimum Gasteiger partial charge on any atom is -0.369 e. The largest absolute Gasteiger partial charge is 0.391 e. The smallest absolute Gasteiger partial charge is 0.369 e. The van der Waals surface area contributed by atoms with Crippen LogP contribution in [0.2, 0.25) is 0 Å². The number of rotatable bonds is 8. The molecule has 1 aromatic rings. The van der Waals surface area contributed by atoms with Crippen molar-refractivity contribution in [3.8, 4) is 0 Å². The number of carbonyl (C=O) groups excluding carboxylic acids is 1. The molecule has 0 saturated heterocycles. The lowest BCUT2D eigenvalue weighted by Gasteiger charge is -2.35. The van der Waals surface area contributed by atoms with Crippen molar-refractivity contribution in [3.05, 3.63) is 64.4 Å². The zero-order valence-corrected chi connectivity index (χ0v) is 30.9. The van der Waals surface area contributed by atoms with Crippen LogP contribution in [0.15, 0.2) is 47.1 Å². The molecule has 3 aliphatic carbocycles. The number of hydrogen-bond acceptors (Lipinski definition) is 4. The number of thiol groups is 1. The van der Waals surface area contributed by atoms with Crippen molar-refractivity contribution in [1.29, 1.82) is 0 Å². The Morgan fingerprint density at radius 3 is 2.15 bits per heavy atom. The molecule has 1 aromatic carbocycles. The van der Waals surface area contributed by atoms with E-state index in [9.17, 15) is 18.0 Å². The molecule has 1 atom stereocenters. The van der Waals surface area contributed by atoms with Gasteiger partial charge in [0.1, 0.15) is 11.4 Å². The Kier molecular flexibility index (Phi) is 15.4. The van der Waals surface area contributed by atoms with E-state index in [2.05, 4.69) is 75.7 Å². The van der Waals surface area contributed by atoms with Crippen molar-refractivity contribution < 1.29 is 18.0 Å². The van der Waals surface area contributed by atoms with Gasteiger partial charge in [-0.2, -0.15) is 25.8 Å². The van der Waals surface area contributed by atoms with Gasteiger partial charge in [0.2, 0.25) is 5.91 Å². The number of carbonyl (C=O) groups is 1. The molecule has 4 aliphatic rings. The highest BCUT2D eigenvalue weighted by Gasteiger charge is 2.46. The lowest BCUT2D eigenvalue weighted by molar-refractivity contribution is -0.182. The summed E-state index contributed by atoms with van der Waals surface area (Å²) in [6.45, 7) is 14.5. The number of amidine groups is 1. The van der Waals surface area contributed by atoms with Gasteiger partial charge < -0.3 is 11.1 Å². The van der Waals surface area contributed by atoms with Gasteiger partial charge >= 0.3 is 6.18 Å². The molecule has 1 amide bonds. The third-order valence-corrected chi connectivity index (χ3v) is 11.1. The van der Waals surface area contributed by atoms with E-state index in [-0.39, 0.29) is 36.1 Å². The summed E-state index contributed by atoms with van der Waals surface area (Å²) in [7, 11) is 0. The highest BCUT2D eigenvalue weighted by atomic mass is 32.1. The molecule has 1 heterocycles. The monoisotopic (exact) mass is 687 g/mol. The number of alkyl halides is 3. The van der Waals surface area contributed by atoms with Crippen molar-refractivity contribution in [2.24, 2.45) is 34.4 Å². The quantitative estimate of drug-likeness (QED) is 0.188. The van der Waals surface area contributed by atoms with Crippen molar-refractivity contribution in [3.63, 3.8) is 0 Å². The van der Waals surface area contributed by atoms with Gasteiger partial charge in [0.25, 0.3) is 0 Å². The Labute approximate surface area is 293 Å². The van der Waals surface area contributed by atoms with E-state index >= 15 is 0 Å². The maximum Gasteiger partial charge on any atom is 0.391 e. The van der Waals surface area contributed by atoms with Crippen LogP contribution in [-0.2, 0) is 4.79 Å². The molecule has 3 N–H and O–H groups in total. The van der Waals surface area contributed by atoms with E-state index in [1.165, 1.54) is 47.9 Å². The average molecular weight is 688 g/mol. The summed E-state index contributed by atoms with van der Waals surface area (Å²) in [5, 5.41) is 3.40. The van der Waals surface area contributed by atoms with Gasteiger partial charge in [0.05, 0.1) is 5.92 Å². The van der Waals surface area contributed by atoms with Crippen molar-refractivity contribution in [2.45, 2.75) is 136 Å². The van der Waals surface area contributed by atoms with Crippen LogP contribution in [0.5, 0.6) is 0 Å². The Morgan fingerprint density at radius 2 is 1.71 bits per heavy atom. The third-order valence-electron chi connectivity index (χ3n) is 10.9. The summed E-state index contributed by atoms with van der Waals surface area (Å²) in [6.07, 6.45) is 15.7. The molecule has 268 valence electrons. The van der Waals surface area contributed by atoms with Crippen molar-refractivity contribution in [1.82, 2.24) is 5.32 Å². The molecular weight excluding hydrogens is 628 g/mol. The van der Waals surface area contributed by atoms with Gasteiger partial charge in [-0.05, 0) is 133 Å². The maximum atomic E-state index is 13.0. The first-order valence-corrected chi connectivity index (χ1v) is 18.8. The van der Waals surface area contributed by atoms with Crippen LogP contribution in [-0.4, -0.2) is 29.2 Å². The molecule has 1 spiro atoms. The lowest BCUT2D eigenvalue weighted by atomic mass is 9.74. The molecule has 4 nitrogen and oxygen atoms in total.